The zero-order chi connectivity index (χ0) is 14.8. The number of carbonyl (C=O) groups is 2. The highest BCUT2D eigenvalue weighted by Crippen LogP contribution is 2.30. The Bertz CT molecular complexity index is 519. The van der Waals surface area contributed by atoms with Crippen molar-refractivity contribution < 1.29 is 9.59 Å². The first-order valence-electron chi connectivity index (χ1n) is 7.26. The predicted octanol–water partition coefficient (Wildman–Crippen LogP) is 3.22. The van der Waals surface area contributed by atoms with Crippen LogP contribution >= 0.6 is 0 Å². The van der Waals surface area contributed by atoms with Gasteiger partial charge in [-0.15, -0.1) is 0 Å². The summed E-state index contributed by atoms with van der Waals surface area (Å²) in [5.74, 6) is 0.147. The van der Waals surface area contributed by atoms with Crippen molar-refractivity contribution in [2.45, 2.75) is 40.0 Å². The van der Waals surface area contributed by atoms with Crippen LogP contribution in [0.25, 0.3) is 0 Å². The van der Waals surface area contributed by atoms with Crippen LogP contribution in [0, 0.1) is 12.3 Å². The quantitative estimate of drug-likeness (QED) is 0.793. The number of aryl methyl sites for hydroxylation is 1. The molecule has 3 nitrogen and oxygen atoms in total. The molecule has 1 aromatic carbocycles. The van der Waals surface area contributed by atoms with Crippen molar-refractivity contribution in [2.24, 2.45) is 5.41 Å². The zero-order valence-electron chi connectivity index (χ0n) is 12.6. The van der Waals surface area contributed by atoms with Gasteiger partial charge in [-0.2, -0.15) is 0 Å². The lowest BCUT2D eigenvalue weighted by Crippen LogP contribution is -2.35. The Morgan fingerprint density at radius 2 is 1.95 bits per heavy atom. The maximum atomic E-state index is 12.4. The van der Waals surface area contributed by atoms with Crippen LogP contribution in [0.3, 0.4) is 0 Å². The van der Waals surface area contributed by atoms with E-state index in [4.69, 9.17) is 0 Å². The maximum Gasteiger partial charge on any atom is 0.222 e. The summed E-state index contributed by atoms with van der Waals surface area (Å²) in [6, 6.07) is 7.56. The molecular weight excluding hydrogens is 250 g/mol. The lowest BCUT2D eigenvalue weighted by Gasteiger charge is -2.23. The van der Waals surface area contributed by atoms with Crippen LogP contribution in [0.15, 0.2) is 24.3 Å². The normalized spacial score (nSPS) is 18.8. The van der Waals surface area contributed by atoms with Crippen molar-refractivity contribution in [3.8, 4) is 0 Å². The number of hydrogen-bond acceptors (Lipinski definition) is 2. The summed E-state index contributed by atoms with van der Waals surface area (Å²) >= 11 is 0. The molecule has 1 fully saturated rings. The van der Waals surface area contributed by atoms with Gasteiger partial charge in [-0.05, 0) is 30.7 Å². The minimum absolute atomic E-state index is 0.0381. The number of likely N-dealkylation sites (tertiary alicyclic amines) is 1. The van der Waals surface area contributed by atoms with Crippen LogP contribution in [-0.4, -0.2) is 29.7 Å². The van der Waals surface area contributed by atoms with Gasteiger partial charge in [-0.1, -0.05) is 38.1 Å². The van der Waals surface area contributed by atoms with Gasteiger partial charge in [0.2, 0.25) is 5.91 Å². The number of carbonyl (C=O) groups excluding carboxylic acids is 2. The van der Waals surface area contributed by atoms with E-state index in [-0.39, 0.29) is 23.7 Å². The van der Waals surface area contributed by atoms with Gasteiger partial charge in [-0.3, -0.25) is 9.59 Å². The average Bonchev–Trinajstić information content (AvgIpc) is 2.52. The Kier molecular flexibility index (Phi) is 4.26. The summed E-state index contributed by atoms with van der Waals surface area (Å²) in [5, 5.41) is 0. The first-order chi connectivity index (χ1) is 9.39. The van der Waals surface area contributed by atoms with Gasteiger partial charge in [0.1, 0.15) is 0 Å². The van der Waals surface area contributed by atoms with E-state index in [1.165, 1.54) is 0 Å². The Balaban J connectivity index is 2.07. The van der Waals surface area contributed by atoms with Crippen LogP contribution in [0.2, 0.25) is 0 Å². The van der Waals surface area contributed by atoms with E-state index < -0.39 is 0 Å². The number of Topliss-reactive ketones (excluding diaryl/α,β-unsaturated/α-hetero) is 1. The molecule has 1 saturated heterocycles. The van der Waals surface area contributed by atoms with Crippen LogP contribution in [0.1, 0.15) is 49.0 Å². The summed E-state index contributed by atoms with van der Waals surface area (Å²) < 4.78 is 0. The Morgan fingerprint density at radius 3 is 2.65 bits per heavy atom. The van der Waals surface area contributed by atoms with E-state index >= 15 is 0 Å². The highest BCUT2D eigenvalue weighted by atomic mass is 16.2. The number of amides is 1. The minimum Gasteiger partial charge on any atom is -0.335 e. The summed E-state index contributed by atoms with van der Waals surface area (Å²) in [7, 11) is 0. The molecule has 0 N–H and O–H groups in total. The van der Waals surface area contributed by atoms with Crippen LogP contribution in [0.4, 0.5) is 0 Å². The summed E-state index contributed by atoms with van der Waals surface area (Å²) in [5.41, 5.74) is 1.89. The van der Waals surface area contributed by atoms with Crippen molar-refractivity contribution >= 4 is 11.7 Å². The van der Waals surface area contributed by atoms with Crippen molar-refractivity contribution in [3.05, 3.63) is 35.4 Å². The lowest BCUT2D eigenvalue weighted by atomic mass is 9.85. The van der Waals surface area contributed by atoms with E-state index in [2.05, 4.69) is 13.8 Å². The van der Waals surface area contributed by atoms with Gasteiger partial charge in [0.25, 0.3) is 0 Å². The average molecular weight is 273 g/mol. The second kappa shape index (κ2) is 5.78. The first-order valence-corrected chi connectivity index (χ1v) is 7.26. The Labute approximate surface area is 121 Å². The molecule has 20 heavy (non-hydrogen) atoms. The van der Waals surface area contributed by atoms with Crippen molar-refractivity contribution in [1.29, 1.82) is 0 Å². The maximum absolute atomic E-state index is 12.4. The zero-order valence-corrected chi connectivity index (χ0v) is 12.6. The van der Waals surface area contributed by atoms with Gasteiger partial charge in [-0.25, -0.2) is 0 Å². The van der Waals surface area contributed by atoms with E-state index in [9.17, 15) is 9.59 Å². The van der Waals surface area contributed by atoms with Crippen molar-refractivity contribution in [2.75, 3.05) is 13.1 Å². The van der Waals surface area contributed by atoms with E-state index in [1.54, 1.807) is 4.90 Å². The lowest BCUT2D eigenvalue weighted by molar-refractivity contribution is -0.130. The van der Waals surface area contributed by atoms with E-state index in [0.717, 1.165) is 24.0 Å². The molecule has 0 aliphatic carbocycles. The highest BCUT2D eigenvalue weighted by molar-refractivity contribution is 6.00. The third-order valence-electron chi connectivity index (χ3n) is 4.21. The summed E-state index contributed by atoms with van der Waals surface area (Å²) in [4.78, 5) is 26.2. The molecule has 1 heterocycles. The van der Waals surface area contributed by atoms with Gasteiger partial charge in [0, 0.05) is 18.5 Å². The van der Waals surface area contributed by atoms with Crippen LogP contribution < -0.4 is 0 Å². The smallest absolute Gasteiger partial charge is 0.222 e. The summed E-state index contributed by atoms with van der Waals surface area (Å²) in [6.45, 7) is 7.20. The molecule has 2 rings (SSSR count). The molecule has 0 unspecified atom stereocenters. The molecule has 0 atom stereocenters. The Morgan fingerprint density at radius 1 is 1.25 bits per heavy atom. The molecule has 3 heteroatoms. The molecule has 1 aromatic rings. The fourth-order valence-corrected chi connectivity index (χ4v) is 2.60. The van der Waals surface area contributed by atoms with Gasteiger partial charge < -0.3 is 4.90 Å². The molecule has 0 bridgehead atoms. The third-order valence-corrected chi connectivity index (χ3v) is 4.21. The van der Waals surface area contributed by atoms with Crippen LogP contribution in [0.5, 0.6) is 0 Å². The van der Waals surface area contributed by atoms with Crippen molar-refractivity contribution in [3.63, 3.8) is 0 Å². The second-order valence-corrected chi connectivity index (χ2v) is 6.47. The molecule has 0 radical (unpaired) electrons. The molecule has 1 aliphatic heterocycles. The standard InChI is InChI=1S/C17H23NO2/c1-13-6-4-5-7-14(13)15(19)12-18-11-10-17(2,3)9-8-16(18)20/h4-7H,8-12H2,1-3H3. The molecule has 0 spiro atoms. The van der Waals surface area contributed by atoms with Crippen molar-refractivity contribution in [1.82, 2.24) is 4.90 Å². The first kappa shape index (κ1) is 14.8. The number of hydrogen-bond donors (Lipinski definition) is 0. The van der Waals surface area contributed by atoms with Gasteiger partial charge >= 0.3 is 0 Å². The SMILES string of the molecule is Cc1ccccc1C(=O)CN1CCC(C)(C)CCC1=O. The monoisotopic (exact) mass is 273 g/mol. The number of rotatable bonds is 3. The van der Waals surface area contributed by atoms with Gasteiger partial charge in [0.15, 0.2) is 5.78 Å². The Hall–Kier alpha value is -1.64. The molecule has 1 amide bonds. The topological polar surface area (TPSA) is 37.4 Å². The molecule has 0 aromatic heterocycles. The highest BCUT2D eigenvalue weighted by Gasteiger charge is 2.28. The van der Waals surface area contributed by atoms with E-state index in [1.807, 2.05) is 31.2 Å². The predicted molar refractivity (Wildman–Crippen MR) is 79.7 cm³/mol. The second-order valence-electron chi connectivity index (χ2n) is 6.47. The molecule has 108 valence electrons. The third kappa shape index (κ3) is 3.47. The number of benzene rings is 1. The number of nitrogens with zero attached hydrogens (tertiary/aromatic N) is 1. The number of ketones is 1. The molecule has 0 saturated carbocycles. The summed E-state index contributed by atoms with van der Waals surface area (Å²) in [6.07, 6.45) is 2.41. The fourth-order valence-electron chi connectivity index (χ4n) is 2.60. The largest absolute Gasteiger partial charge is 0.335 e. The minimum atomic E-state index is 0.0381. The fraction of sp³-hybridized carbons (Fsp3) is 0.529. The molecular formula is C17H23NO2. The molecule has 1 aliphatic rings. The van der Waals surface area contributed by atoms with E-state index in [0.29, 0.717) is 13.0 Å². The van der Waals surface area contributed by atoms with Crippen LogP contribution in [-0.2, 0) is 4.79 Å². The van der Waals surface area contributed by atoms with Gasteiger partial charge in [0.05, 0.1) is 6.54 Å².